The molecular formula is C22H28N2O3. The highest BCUT2D eigenvalue weighted by Crippen LogP contribution is 2.20. The van der Waals surface area contributed by atoms with E-state index in [1.54, 1.807) is 7.05 Å². The lowest BCUT2D eigenvalue weighted by Crippen LogP contribution is -2.35. The molecule has 0 saturated heterocycles. The highest BCUT2D eigenvalue weighted by molar-refractivity contribution is 5.95. The maximum Gasteiger partial charge on any atom is 0.243 e. The Hall–Kier alpha value is -2.82. The number of rotatable bonds is 8. The second-order valence-corrected chi connectivity index (χ2v) is 6.59. The molecule has 2 amide bonds. The van der Waals surface area contributed by atoms with Gasteiger partial charge in [-0.15, -0.1) is 0 Å². The number of likely N-dealkylation sites (N-methyl/N-ethyl adjacent to an activating group) is 1. The number of hydrogen-bond acceptors (Lipinski definition) is 3. The van der Waals surface area contributed by atoms with E-state index in [9.17, 15) is 9.59 Å². The molecule has 0 aliphatic rings. The van der Waals surface area contributed by atoms with Gasteiger partial charge in [-0.05, 0) is 56.0 Å². The van der Waals surface area contributed by atoms with Crippen LogP contribution in [0, 0.1) is 13.8 Å². The van der Waals surface area contributed by atoms with Crippen LogP contribution < -0.4 is 10.1 Å². The smallest absolute Gasteiger partial charge is 0.243 e. The van der Waals surface area contributed by atoms with Crippen molar-refractivity contribution in [3.8, 4) is 5.75 Å². The molecule has 0 heterocycles. The quantitative estimate of drug-likeness (QED) is 0.772. The number of hydrogen-bond donors (Lipinski definition) is 1. The first-order chi connectivity index (χ1) is 12.9. The maximum absolute atomic E-state index is 12.4. The number of aryl methyl sites for hydroxylation is 2. The summed E-state index contributed by atoms with van der Waals surface area (Å²) < 4.78 is 5.59. The molecule has 27 heavy (non-hydrogen) atoms. The van der Waals surface area contributed by atoms with E-state index in [0.29, 0.717) is 19.4 Å². The van der Waals surface area contributed by atoms with Crippen molar-refractivity contribution in [3.05, 3.63) is 59.2 Å². The summed E-state index contributed by atoms with van der Waals surface area (Å²) in [5.41, 5.74) is 3.94. The third-order valence-corrected chi connectivity index (χ3v) is 4.57. The van der Waals surface area contributed by atoms with Crippen LogP contribution in [0.5, 0.6) is 5.75 Å². The van der Waals surface area contributed by atoms with Gasteiger partial charge in [-0.3, -0.25) is 9.59 Å². The van der Waals surface area contributed by atoms with Crippen molar-refractivity contribution in [2.24, 2.45) is 0 Å². The van der Waals surface area contributed by atoms with Gasteiger partial charge in [0, 0.05) is 19.2 Å². The molecule has 0 fully saturated rings. The number of benzene rings is 2. The van der Waals surface area contributed by atoms with E-state index in [0.717, 1.165) is 28.1 Å². The van der Waals surface area contributed by atoms with Gasteiger partial charge >= 0.3 is 0 Å². The minimum absolute atomic E-state index is 0.0271. The molecular weight excluding hydrogens is 340 g/mol. The first kappa shape index (κ1) is 20.5. The molecule has 144 valence electrons. The maximum atomic E-state index is 12.4. The summed E-state index contributed by atoms with van der Waals surface area (Å²) in [4.78, 5) is 26.1. The molecule has 0 aromatic heterocycles. The molecule has 5 nitrogen and oxygen atoms in total. The highest BCUT2D eigenvalue weighted by Gasteiger charge is 2.15. The van der Waals surface area contributed by atoms with Crippen LogP contribution in [0.15, 0.2) is 42.5 Å². The highest BCUT2D eigenvalue weighted by atomic mass is 16.5. The second kappa shape index (κ2) is 9.76. The number of nitrogens with one attached hydrogen (secondary N) is 1. The Kier molecular flexibility index (Phi) is 7.41. The van der Waals surface area contributed by atoms with E-state index in [4.69, 9.17) is 4.74 Å². The Bertz CT molecular complexity index is 802. The standard InChI is InChI=1S/C22H28N2O3/c1-5-27-20-12-7-6-10-18(20)13-14-22(26)24(4)15-21(25)23-19-11-8-9-16(2)17(19)3/h6-12H,5,13-15H2,1-4H3,(H,23,25). The molecule has 0 unspecified atom stereocenters. The van der Waals surface area contributed by atoms with Crippen LogP contribution in [0.4, 0.5) is 5.69 Å². The van der Waals surface area contributed by atoms with Gasteiger partial charge in [0.2, 0.25) is 11.8 Å². The van der Waals surface area contributed by atoms with E-state index in [1.807, 2.05) is 63.2 Å². The zero-order chi connectivity index (χ0) is 19.8. The molecule has 2 aromatic rings. The van der Waals surface area contributed by atoms with Crippen LogP contribution in [0.2, 0.25) is 0 Å². The van der Waals surface area contributed by atoms with Crippen molar-refractivity contribution in [2.75, 3.05) is 25.5 Å². The van der Waals surface area contributed by atoms with Crippen LogP contribution in [-0.4, -0.2) is 36.9 Å². The molecule has 0 spiro atoms. The van der Waals surface area contributed by atoms with Gasteiger partial charge in [-0.25, -0.2) is 0 Å². The minimum atomic E-state index is -0.200. The average Bonchev–Trinajstić information content (AvgIpc) is 2.64. The Morgan fingerprint density at radius 3 is 2.56 bits per heavy atom. The summed E-state index contributed by atoms with van der Waals surface area (Å²) in [5.74, 6) is 0.537. The average molecular weight is 368 g/mol. The number of nitrogens with zero attached hydrogens (tertiary/aromatic N) is 1. The fourth-order valence-electron chi connectivity index (χ4n) is 2.82. The molecule has 2 rings (SSSR count). The lowest BCUT2D eigenvalue weighted by atomic mass is 10.1. The third-order valence-electron chi connectivity index (χ3n) is 4.57. The summed E-state index contributed by atoms with van der Waals surface area (Å²) >= 11 is 0. The number of carbonyl (C=O) groups excluding carboxylic acids is 2. The normalized spacial score (nSPS) is 10.4. The van der Waals surface area contributed by atoms with E-state index in [2.05, 4.69) is 5.32 Å². The number of amides is 2. The molecule has 0 atom stereocenters. The van der Waals surface area contributed by atoms with Gasteiger partial charge in [-0.2, -0.15) is 0 Å². The van der Waals surface area contributed by atoms with E-state index < -0.39 is 0 Å². The van der Waals surface area contributed by atoms with Crippen LogP contribution in [0.25, 0.3) is 0 Å². The van der Waals surface area contributed by atoms with Crippen LogP contribution in [0.1, 0.15) is 30.0 Å². The van der Waals surface area contributed by atoms with Crippen LogP contribution in [-0.2, 0) is 16.0 Å². The summed E-state index contributed by atoms with van der Waals surface area (Å²) in [5, 5.41) is 2.88. The third kappa shape index (κ3) is 5.84. The number of carbonyl (C=O) groups is 2. The predicted octanol–water partition coefficient (Wildman–Crippen LogP) is 3.73. The first-order valence-electron chi connectivity index (χ1n) is 9.23. The van der Waals surface area contributed by atoms with Gasteiger partial charge in [-0.1, -0.05) is 30.3 Å². The Morgan fingerprint density at radius 1 is 1.07 bits per heavy atom. The number of ether oxygens (including phenoxy) is 1. The zero-order valence-electron chi connectivity index (χ0n) is 16.5. The number of anilines is 1. The van der Waals surface area contributed by atoms with Crippen LogP contribution >= 0.6 is 0 Å². The van der Waals surface area contributed by atoms with Gasteiger partial charge < -0.3 is 15.0 Å². The van der Waals surface area contributed by atoms with Crippen molar-refractivity contribution >= 4 is 17.5 Å². The second-order valence-electron chi connectivity index (χ2n) is 6.59. The Balaban J connectivity index is 1.88. The van der Waals surface area contributed by atoms with E-state index in [1.165, 1.54) is 4.90 Å². The predicted molar refractivity (Wildman–Crippen MR) is 108 cm³/mol. The van der Waals surface area contributed by atoms with Gasteiger partial charge in [0.1, 0.15) is 5.75 Å². The molecule has 0 radical (unpaired) electrons. The summed E-state index contributed by atoms with van der Waals surface area (Å²) in [6.45, 7) is 6.52. The van der Waals surface area contributed by atoms with Crippen molar-refractivity contribution in [2.45, 2.75) is 33.6 Å². The van der Waals surface area contributed by atoms with E-state index in [-0.39, 0.29) is 18.4 Å². The first-order valence-corrected chi connectivity index (χ1v) is 9.23. The SMILES string of the molecule is CCOc1ccccc1CCC(=O)N(C)CC(=O)Nc1cccc(C)c1C. The van der Waals surface area contributed by atoms with Crippen molar-refractivity contribution in [1.82, 2.24) is 4.90 Å². The fraction of sp³-hybridized carbons (Fsp3) is 0.364. The number of para-hydroxylation sites is 1. The Labute approximate surface area is 161 Å². The fourth-order valence-corrected chi connectivity index (χ4v) is 2.82. The zero-order valence-corrected chi connectivity index (χ0v) is 16.5. The molecule has 2 aromatic carbocycles. The molecule has 5 heteroatoms. The van der Waals surface area contributed by atoms with Crippen molar-refractivity contribution in [3.63, 3.8) is 0 Å². The Morgan fingerprint density at radius 2 is 1.81 bits per heavy atom. The van der Waals surface area contributed by atoms with Gasteiger partial charge in [0.15, 0.2) is 0 Å². The summed E-state index contributed by atoms with van der Waals surface area (Å²) in [6, 6.07) is 13.5. The van der Waals surface area contributed by atoms with Crippen LogP contribution in [0.3, 0.4) is 0 Å². The molecule has 0 saturated carbocycles. The van der Waals surface area contributed by atoms with E-state index >= 15 is 0 Å². The van der Waals surface area contributed by atoms with Crippen molar-refractivity contribution < 1.29 is 14.3 Å². The largest absolute Gasteiger partial charge is 0.494 e. The summed E-state index contributed by atoms with van der Waals surface area (Å²) in [7, 11) is 1.65. The lowest BCUT2D eigenvalue weighted by molar-refractivity contribution is -0.133. The van der Waals surface area contributed by atoms with Crippen molar-refractivity contribution in [1.29, 1.82) is 0 Å². The molecule has 0 aliphatic carbocycles. The minimum Gasteiger partial charge on any atom is -0.494 e. The molecule has 1 N–H and O–H groups in total. The topological polar surface area (TPSA) is 58.6 Å². The molecule has 0 bridgehead atoms. The van der Waals surface area contributed by atoms with Gasteiger partial charge in [0.05, 0.1) is 13.2 Å². The van der Waals surface area contributed by atoms with Gasteiger partial charge in [0.25, 0.3) is 0 Å². The monoisotopic (exact) mass is 368 g/mol. The molecule has 0 aliphatic heterocycles. The lowest BCUT2D eigenvalue weighted by Gasteiger charge is -2.18. The summed E-state index contributed by atoms with van der Waals surface area (Å²) in [6.07, 6.45) is 0.912.